The SMILES string of the molecule is COc1ccc(-c2nn(-c3ccccc3)cc2/C=C2/SC(=S)NC2=O)cc1C. The van der Waals surface area contributed by atoms with E-state index in [0.29, 0.717) is 9.23 Å². The molecule has 4 rings (SSSR count). The zero-order valence-electron chi connectivity index (χ0n) is 15.3. The van der Waals surface area contributed by atoms with Crippen molar-refractivity contribution >= 4 is 40.3 Å². The van der Waals surface area contributed by atoms with Gasteiger partial charge >= 0.3 is 0 Å². The highest BCUT2D eigenvalue weighted by Gasteiger charge is 2.23. The van der Waals surface area contributed by atoms with Crippen LogP contribution in [0.2, 0.25) is 0 Å². The average molecular weight is 408 g/mol. The number of methoxy groups -OCH3 is 1. The number of carbonyl (C=O) groups is 1. The topological polar surface area (TPSA) is 56.1 Å². The van der Waals surface area contributed by atoms with Gasteiger partial charge in [0.1, 0.15) is 15.8 Å². The van der Waals surface area contributed by atoms with Crippen molar-refractivity contribution in [2.24, 2.45) is 0 Å². The molecule has 1 aliphatic rings. The van der Waals surface area contributed by atoms with Gasteiger partial charge in [0.05, 0.1) is 17.7 Å². The van der Waals surface area contributed by atoms with Crippen molar-refractivity contribution in [2.45, 2.75) is 6.92 Å². The van der Waals surface area contributed by atoms with Crippen LogP contribution in [-0.2, 0) is 4.79 Å². The van der Waals surface area contributed by atoms with Gasteiger partial charge in [-0.15, -0.1) is 0 Å². The minimum Gasteiger partial charge on any atom is -0.496 e. The van der Waals surface area contributed by atoms with Gasteiger partial charge in [0.15, 0.2) is 0 Å². The van der Waals surface area contributed by atoms with E-state index in [1.165, 1.54) is 11.8 Å². The smallest absolute Gasteiger partial charge is 0.263 e. The van der Waals surface area contributed by atoms with Gasteiger partial charge < -0.3 is 10.1 Å². The van der Waals surface area contributed by atoms with E-state index in [2.05, 4.69) is 5.32 Å². The summed E-state index contributed by atoms with van der Waals surface area (Å²) in [7, 11) is 1.65. The van der Waals surface area contributed by atoms with Gasteiger partial charge in [-0.25, -0.2) is 4.68 Å². The van der Waals surface area contributed by atoms with E-state index in [0.717, 1.165) is 33.8 Å². The van der Waals surface area contributed by atoms with Crippen LogP contribution in [0.5, 0.6) is 5.75 Å². The zero-order chi connectivity index (χ0) is 19.7. The standard InChI is InChI=1S/C21H17N3O2S2/c1-13-10-14(8-9-17(13)26-2)19-15(11-18-20(25)22-21(27)28-18)12-24(23-19)16-6-4-3-5-7-16/h3-12H,1-2H3,(H,22,25,27)/b18-11+. The molecule has 1 saturated heterocycles. The summed E-state index contributed by atoms with van der Waals surface area (Å²) in [5.74, 6) is 0.640. The number of hydrogen-bond acceptors (Lipinski definition) is 5. The van der Waals surface area contributed by atoms with Crippen molar-refractivity contribution in [1.82, 2.24) is 15.1 Å². The number of thiocarbonyl (C=S) groups is 1. The minimum atomic E-state index is -0.181. The first-order valence-electron chi connectivity index (χ1n) is 8.60. The average Bonchev–Trinajstić information content (AvgIpc) is 3.25. The van der Waals surface area contributed by atoms with Gasteiger partial charge in [-0.05, 0) is 48.9 Å². The Morgan fingerprint density at radius 1 is 1.21 bits per heavy atom. The Bertz CT molecular complexity index is 1100. The number of aromatic nitrogens is 2. The molecule has 3 aromatic rings. The van der Waals surface area contributed by atoms with Crippen molar-refractivity contribution in [3.05, 3.63) is 70.8 Å². The first kappa shape index (κ1) is 18.5. The molecule has 0 unspecified atom stereocenters. The normalized spacial score (nSPS) is 15.1. The molecule has 1 aromatic heterocycles. The Morgan fingerprint density at radius 3 is 2.64 bits per heavy atom. The fourth-order valence-electron chi connectivity index (χ4n) is 3.02. The Balaban J connectivity index is 1.85. The number of amides is 1. The molecule has 0 radical (unpaired) electrons. The number of ether oxygens (including phenoxy) is 1. The second-order valence-electron chi connectivity index (χ2n) is 6.25. The molecule has 0 saturated carbocycles. The van der Waals surface area contributed by atoms with Crippen molar-refractivity contribution in [3.8, 4) is 22.7 Å². The Hall–Kier alpha value is -2.90. The number of nitrogens with zero attached hydrogens (tertiary/aromatic N) is 2. The second-order valence-corrected chi connectivity index (χ2v) is 7.97. The van der Waals surface area contributed by atoms with Crippen LogP contribution in [0.3, 0.4) is 0 Å². The van der Waals surface area contributed by atoms with E-state index in [1.807, 2.05) is 72.4 Å². The van der Waals surface area contributed by atoms with Crippen LogP contribution in [0.1, 0.15) is 11.1 Å². The van der Waals surface area contributed by atoms with E-state index < -0.39 is 0 Å². The van der Waals surface area contributed by atoms with Crippen LogP contribution >= 0.6 is 24.0 Å². The molecule has 1 amide bonds. The third kappa shape index (κ3) is 3.58. The van der Waals surface area contributed by atoms with Crippen LogP contribution < -0.4 is 10.1 Å². The van der Waals surface area contributed by atoms with Gasteiger partial charge in [-0.2, -0.15) is 5.10 Å². The first-order chi connectivity index (χ1) is 13.5. The lowest BCUT2D eigenvalue weighted by Gasteiger charge is -2.07. The third-order valence-corrected chi connectivity index (χ3v) is 5.52. The highest BCUT2D eigenvalue weighted by Crippen LogP contribution is 2.32. The molecule has 1 aliphatic heterocycles. The van der Waals surface area contributed by atoms with Crippen LogP contribution in [0, 0.1) is 6.92 Å². The fourth-order valence-corrected chi connectivity index (χ4v) is 4.05. The predicted octanol–water partition coefficient (Wildman–Crippen LogP) is 4.35. The van der Waals surface area contributed by atoms with E-state index in [4.69, 9.17) is 22.1 Å². The maximum Gasteiger partial charge on any atom is 0.263 e. The summed E-state index contributed by atoms with van der Waals surface area (Å²) in [6.45, 7) is 1.99. The molecule has 28 heavy (non-hydrogen) atoms. The zero-order valence-corrected chi connectivity index (χ0v) is 16.9. The molecule has 140 valence electrons. The quantitative estimate of drug-likeness (QED) is 0.515. The largest absolute Gasteiger partial charge is 0.496 e. The maximum atomic E-state index is 12.1. The fraction of sp³-hybridized carbons (Fsp3) is 0.0952. The number of rotatable bonds is 4. The predicted molar refractivity (Wildman–Crippen MR) is 117 cm³/mol. The van der Waals surface area contributed by atoms with Crippen molar-refractivity contribution < 1.29 is 9.53 Å². The molecule has 1 fully saturated rings. The van der Waals surface area contributed by atoms with Gasteiger partial charge in [0, 0.05) is 17.3 Å². The van der Waals surface area contributed by atoms with Gasteiger partial charge in [-0.1, -0.05) is 42.2 Å². The lowest BCUT2D eigenvalue weighted by Crippen LogP contribution is -2.17. The number of carbonyl (C=O) groups excluding carboxylic acids is 1. The molecule has 5 nitrogen and oxygen atoms in total. The Kier molecular flexibility index (Phi) is 5.02. The van der Waals surface area contributed by atoms with Gasteiger partial charge in [0.25, 0.3) is 5.91 Å². The summed E-state index contributed by atoms with van der Waals surface area (Å²) in [5, 5.41) is 7.44. The molecule has 0 bridgehead atoms. The number of nitrogens with one attached hydrogen (secondary N) is 1. The van der Waals surface area contributed by atoms with E-state index in [-0.39, 0.29) is 5.91 Å². The number of aryl methyl sites for hydroxylation is 1. The van der Waals surface area contributed by atoms with E-state index in [9.17, 15) is 4.79 Å². The molecule has 2 heterocycles. The lowest BCUT2D eigenvalue weighted by molar-refractivity contribution is -0.115. The Labute approximate surface area is 172 Å². The molecule has 0 aliphatic carbocycles. The summed E-state index contributed by atoms with van der Waals surface area (Å²) in [4.78, 5) is 12.7. The van der Waals surface area contributed by atoms with Crippen LogP contribution in [-0.4, -0.2) is 27.1 Å². The van der Waals surface area contributed by atoms with Crippen molar-refractivity contribution in [2.75, 3.05) is 7.11 Å². The highest BCUT2D eigenvalue weighted by molar-refractivity contribution is 8.26. The highest BCUT2D eigenvalue weighted by atomic mass is 32.2. The van der Waals surface area contributed by atoms with Gasteiger partial charge in [-0.3, -0.25) is 4.79 Å². The molecular formula is C21H17N3O2S2. The number of benzene rings is 2. The summed E-state index contributed by atoms with van der Waals surface area (Å²) in [6.07, 6.45) is 3.76. The summed E-state index contributed by atoms with van der Waals surface area (Å²) in [5.41, 5.74) is 4.54. The lowest BCUT2D eigenvalue weighted by atomic mass is 10.0. The maximum absolute atomic E-state index is 12.1. The van der Waals surface area contributed by atoms with Crippen molar-refractivity contribution in [1.29, 1.82) is 0 Å². The van der Waals surface area contributed by atoms with Crippen LogP contribution in [0.15, 0.2) is 59.6 Å². The molecule has 7 heteroatoms. The second kappa shape index (κ2) is 7.61. The van der Waals surface area contributed by atoms with Gasteiger partial charge in [0.2, 0.25) is 0 Å². The molecule has 2 aromatic carbocycles. The van der Waals surface area contributed by atoms with Crippen LogP contribution in [0.4, 0.5) is 0 Å². The van der Waals surface area contributed by atoms with Crippen molar-refractivity contribution in [3.63, 3.8) is 0 Å². The molecular weight excluding hydrogens is 390 g/mol. The number of para-hydroxylation sites is 1. The van der Waals surface area contributed by atoms with E-state index >= 15 is 0 Å². The molecule has 0 spiro atoms. The minimum absolute atomic E-state index is 0.181. The molecule has 0 atom stereocenters. The summed E-state index contributed by atoms with van der Waals surface area (Å²) >= 11 is 6.36. The number of thioether (sulfide) groups is 1. The third-order valence-electron chi connectivity index (χ3n) is 4.36. The van der Waals surface area contributed by atoms with Crippen LogP contribution in [0.25, 0.3) is 23.0 Å². The van der Waals surface area contributed by atoms with E-state index in [1.54, 1.807) is 7.11 Å². The molecule has 1 N–H and O–H groups in total. The summed E-state index contributed by atoms with van der Waals surface area (Å²) in [6, 6.07) is 15.8. The monoisotopic (exact) mass is 407 g/mol. The number of hydrogen-bond donors (Lipinski definition) is 1. The Morgan fingerprint density at radius 2 is 2.00 bits per heavy atom. The first-order valence-corrected chi connectivity index (χ1v) is 9.82. The summed E-state index contributed by atoms with van der Waals surface area (Å²) < 4.78 is 7.65.